The molecule has 1 N–H and O–H groups in total. The average Bonchev–Trinajstić information content (AvgIpc) is 2.48. The number of rotatable bonds is 4. The lowest BCUT2D eigenvalue weighted by molar-refractivity contribution is -0.814. The molecule has 2 rings (SSSR count). The molecule has 2 atom stereocenters. The molecule has 0 radical (unpaired) electrons. The van der Waals surface area contributed by atoms with E-state index < -0.39 is 11.5 Å². The topological polar surface area (TPSA) is 63.0 Å². The third kappa shape index (κ3) is 3.00. The van der Waals surface area contributed by atoms with Crippen LogP contribution in [0.2, 0.25) is 0 Å². The molecule has 22 heavy (non-hydrogen) atoms. The number of quaternary nitrogens is 1. The number of hydrogen-bond acceptors (Lipinski definition) is 4. The van der Waals surface area contributed by atoms with Crippen LogP contribution in [-0.4, -0.2) is 25.2 Å². The van der Waals surface area contributed by atoms with E-state index in [0.29, 0.717) is 18.1 Å². The third-order valence-corrected chi connectivity index (χ3v) is 4.12. The lowest BCUT2D eigenvalue weighted by atomic mass is 9.83. The number of allylic oxidation sites excluding steroid dienone is 1. The molecule has 0 aliphatic carbocycles. The molecule has 120 valence electrons. The molecule has 2 unspecified atom stereocenters. The first-order valence-corrected chi connectivity index (χ1v) is 7.50. The number of ether oxygens (including phenoxy) is 2. The predicted octanol–water partition coefficient (Wildman–Crippen LogP) is 1.75. The van der Waals surface area contributed by atoms with Crippen LogP contribution in [-0.2, 0) is 14.3 Å². The molecule has 1 heterocycles. The maximum absolute atomic E-state index is 12.9. The van der Waals surface area contributed by atoms with Crippen LogP contribution in [0.1, 0.15) is 33.3 Å². The second-order valence-electron chi connectivity index (χ2n) is 5.97. The van der Waals surface area contributed by atoms with Gasteiger partial charge < -0.3 is 19.7 Å². The van der Waals surface area contributed by atoms with Crippen molar-refractivity contribution in [3.05, 3.63) is 46.9 Å². The fourth-order valence-corrected chi connectivity index (χ4v) is 2.65. The van der Waals surface area contributed by atoms with Crippen molar-refractivity contribution in [3.8, 4) is 0 Å². The van der Waals surface area contributed by atoms with Gasteiger partial charge in [0.2, 0.25) is 0 Å². The molecule has 1 aliphatic heterocycles. The average molecular weight is 305 g/mol. The number of carbonyl (C=O) groups is 1. The Morgan fingerprint density at radius 3 is 2.64 bits per heavy atom. The molecule has 0 bridgehead atoms. The lowest BCUT2D eigenvalue weighted by Crippen LogP contribution is -3.12. The summed E-state index contributed by atoms with van der Waals surface area (Å²) in [6, 6.07) is 8.85. The molecule has 1 aromatic carbocycles. The lowest BCUT2D eigenvalue weighted by Gasteiger charge is -2.43. The van der Waals surface area contributed by atoms with Gasteiger partial charge in [0.1, 0.15) is 18.1 Å². The zero-order chi connectivity index (χ0) is 16.3. The van der Waals surface area contributed by atoms with E-state index in [1.165, 1.54) is 0 Å². The number of hydrogen-bond donors (Lipinski definition) is 1. The van der Waals surface area contributed by atoms with E-state index >= 15 is 0 Å². The Morgan fingerprint density at radius 1 is 1.41 bits per heavy atom. The summed E-state index contributed by atoms with van der Waals surface area (Å²) in [7, 11) is 0. The molecular weight excluding hydrogens is 282 g/mol. The van der Waals surface area contributed by atoms with Crippen molar-refractivity contribution >= 4 is 11.7 Å². The van der Waals surface area contributed by atoms with Crippen molar-refractivity contribution in [3.63, 3.8) is 0 Å². The van der Waals surface area contributed by atoms with Crippen LogP contribution in [0.5, 0.6) is 0 Å². The smallest absolute Gasteiger partial charge is 0.317 e. The van der Waals surface area contributed by atoms with Gasteiger partial charge in [-0.15, -0.1) is 0 Å². The fraction of sp³-hybridized carbons (Fsp3) is 0.471. The summed E-state index contributed by atoms with van der Waals surface area (Å²) in [5.74, 6) is 0.232. The standard InChI is InChI=1S/C17H23NO4/c1-5-21-16(19)17(3,4)14-11-22-12(2)15(18(14)20)13-9-7-6-8-10-13/h6-10,14,18H,5,11H2,1-4H3. The Hall–Kier alpha value is -1.85. The number of benzene rings is 1. The summed E-state index contributed by atoms with van der Waals surface area (Å²) in [5.41, 5.74) is 0.442. The first-order chi connectivity index (χ1) is 10.4. The second kappa shape index (κ2) is 6.50. The SMILES string of the molecule is CCOC(=O)C(C)(C)C1COC(C)=C(c2ccccc2)[NH+]1[O-]. The van der Waals surface area contributed by atoms with Crippen molar-refractivity contribution < 1.29 is 19.3 Å². The highest BCUT2D eigenvalue weighted by Crippen LogP contribution is 2.27. The van der Waals surface area contributed by atoms with Crippen LogP contribution < -0.4 is 5.06 Å². The molecule has 0 saturated heterocycles. The molecule has 5 nitrogen and oxygen atoms in total. The highest BCUT2D eigenvalue weighted by Gasteiger charge is 2.46. The van der Waals surface area contributed by atoms with Gasteiger partial charge in [-0.2, -0.15) is 0 Å². The second-order valence-corrected chi connectivity index (χ2v) is 5.97. The minimum atomic E-state index is -0.923. The van der Waals surface area contributed by atoms with Crippen molar-refractivity contribution in [1.82, 2.24) is 0 Å². The highest BCUT2D eigenvalue weighted by atomic mass is 16.5. The van der Waals surface area contributed by atoms with Crippen LogP contribution in [0.3, 0.4) is 0 Å². The Balaban J connectivity index is 2.34. The minimum Gasteiger partial charge on any atom is -0.628 e. The maximum Gasteiger partial charge on any atom is 0.317 e. The molecule has 1 aliphatic rings. The number of esters is 1. The van der Waals surface area contributed by atoms with E-state index in [2.05, 4.69) is 0 Å². The molecule has 1 aromatic rings. The Bertz CT molecular complexity index is 565. The summed E-state index contributed by atoms with van der Waals surface area (Å²) < 4.78 is 10.8. The Morgan fingerprint density at radius 2 is 2.05 bits per heavy atom. The monoisotopic (exact) mass is 305 g/mol. The van der Waals surface area contributed by atoms with Gasteiger partial charge in [0.05, 0.1) is 6.61 Å². The summed E-state index contributed by atoms with van der Waals surface area (Å²) in [4.78, 5) is 12.2. The number of carbonyl (C=O) groups excluding carboxylic acids is 1. The van der Waals surface area contributed by atoms with Crippen LogP contribution in [0.4, 0.5) is 0 Å². The van der Waals surface area contributed by atoms with Crippen LogP contribution in [0, 0.1) is 10.6 Å². The van der Waals surface area contributed by atoms with Gasteiger partial charge in [0, 0.05) is 5.56 Å². The summed E-state index contributed by atoms with van der Waals surface area (Å²) in [6.45, 7) is 7.51. The summed E-state index contributed by atoms with van der Waals surface area (Å²) >= 11 is 0. The first kappa shape index (κ1) is 16.5. The largest absolute Gasteiger partial charge is 0.628 e. The van der Waals surface area contributed by atoms with Crippen LogP contribution in [0.15, 0.2) is 36.1 Å². The van der Waals surface area contributed by atoms with E-state index in [9.17, 15) is 10.0 Å². The normalized spacial score (nSPS) is 22.2. The maximum atomic E-state index is 12.9. The molecule has 0 aromatic heterocycles. The van der Waals surface area contributed by atoms with Crippen LogP contribution >= 0.6 is 0 Å². The van der Waals surface area contributed by atoms with Crippen molar-refractivity contribution in [2.45, 2.75) is 33.7 Å². The zero-order valence-corrected chi connectivity index (χ0v) is 13.5. The van der Waals surface area contributed by atoms with Gasteiger partial charge in [0.15, 0.2) is 11.5 Å². The van der Waals surface area contributed by atoms with Gasteiger partial charge in [-0.05, 0) is 39.8 Å². The van der Waals surface area contributed by atoms with Gasteiger partial charge in [0.25, 0.3) is 0 Å². The quantitative estimate of drug-likeness (QED) is 0.680. The molecule has 0 saturated carbocycles. The first-order valence-electron chi connectivity index (χ1n) is 7.50. The minimum absolute atomic E-state index is 0.0620. The number of hydroxylamine groups is 2. The summed E-state index contributed by atoms with van der Waals surface area (Å²) in [5, 5.41) is 12.9. The van der Waals surface area contributed by atoms with E-state index in [1.807, 2.05) is 30.3 Å². The van der Waals surface area contributed by atoms with Crippen LogP contribution in [0.25, 0.3) is 5.70 Å². The van der Waals surface area contributed by atoms with Gasteiger partial charge in [-0.25, -0.2) is 0 Å². The van der Waals surface area contributed by atoms with Gasteiger partial charge in [-0.1, -0.05) is 18.2 Å². The molecule has 5 heteroatoms. The summed E-state index contributed by atoms with van der Waals surface area (Å²) in [6.07, 6.45) is 0. The van der Waals surface area contributed by atoms with E-state index in [-0.39, 0.29) is 17.6 Å². The zero-order valence-electron chi connectivity index (χ0n) is 13.5. The van der Waals surface area contributed by atoms with Crippen molar-refractivity contribution in [2.24, 2.45) is 5.41 Å². The third-order valence-electron chi connectivity index (χ3n) is 4.12. The molecule has 0 spiro atoms. The molecule has 0 amide bonds. The van der Waals surface area contributed by atoms with E-state index in [1.54, 1.807) is 27.7 Å². The predicted molar refractivity (Wildman–Crippen MR) is 83.5 cm³/mol. The Labute approximate surface area is 131 Å². The van der Waals surface area contributed by atoms with Gasteiger partial charge >= 0.3 is 5.97 Å². The fourth-order valence-electron chi connectivity index (χ4n) is 2.65. The van der Waals surface area contributed by atoms with E-state index in [4.69, 9.17) is 9.47 Å². The van der Waals surface area contributed by atoms with E-state index in [0.717, 1.165) is 5.56 Å². The highest BCUT2D eigenvalue weighted by molar-refractivity contribution is 5.77. The van der Waals surface area contributed by atoms with Crippen molar-refractivity contribution in [1.29, 1.82) is 0 Å². The van der Waals surface area contributed by atoms with Crippen molar-refractivity contribution in [2.75, 3.05) is 13.2 Å². The molecule has 0 fully saturated rings. The van der Waals surface area contributed by atoms with Gasteiger partial charge in [-0.3, -0.25) is 4.79 Å². The number of nitrogens with one attached hydrogen (secondary N) is 1. The Kier molecular flexibility index (Phi) is 4.88. The molecular formula is C17H23NO4.